The lowest BCUT2D eigenvalue weighted by molar-refractivity contribution is 0.139. The molecule has 1 saturated carbocycles. The first-order valence-electron chi connectivity index (χ1n) is 10.7. The Kier molecular flexibility index (Phi) is 7.25. The van der Waals surface area contributed by atoms with Gasteiger partial charge in [0.15, 0.2) is 0 Å². The molecular formula is C23H26ClN3O4S. The van der Waals surface area contributed by atoms with Crippen molar-refractivity contribution in [3.8, 4) is 11.4 Å². The largest absolute Gasteiger partial charge is 0.396 e. The van der Waals surface area contributed by atoms with E-state index in [0.717, 1.165) is 43.2 Å². The van der Waals surface area contributed by atoms with Crippen LogP contribution in [0, 0.1) is 5.92 Å². The van der Waals surface area contributed by atoms with Crippen LogP contribution >= 0.6 is 11.6 Å². The SMILES string of the molecule is O=S(=O)(c1ccc(Cl)cc1)N(Cc1ccc(-c2ncon2)cc1)[C@@H]1CCCCC[C@H]1CO. The molecule has 0 bridgehead atoms. The van der Waals surface area contributed by atoms with Crippen LogP contribution in [0.1, 0.15) is 37.7 Å². The maximum absolute atomic E-state index is 13.7. The number of rotatable bonds is 7. The van der Waals surface area contributed by atoms with E-state index in [1.807, 2.05) is 24.3 Å². The summed E-state index contributed by atoms with van der Waals surface area (Å²) in [5, 5.41) is 14.4. The zero-order valence-electron chi connectivity index (χ0n) is 17.6. The Bertz CT molecular complexity index is 1100. The quantitative estimate of drug-likeness (QED) is 0.504. The summed E-state index contributed by atoms with van der Waals surface area (Å²) in [4.78, 5) is 4.25. The molecule has 2 atom stereocenters. The van der Waals surface area contributed by atoms with E-state index in [2.05, 4.69) is 10.1 Å². The third-order valence-corrected chi connectivity index (χ3v) is 8.19. The summed E-state index contributed by atoms with van der Waals surface area (Å²) in [5.41, 5.74) is 1.63. The van der Waals surface area contributed by atoms with E-state index in [1.54, 1.807) is 16.4 Å². The molecule has 1 N–H and O–H groups in total. The summed E-state index contributed by atoms with van der Waals surface area (Å²) in [7, 11) is -3.80. The van der Waals surface area contributed by atoms with Crippen molar-refractivity contribution in [2.75, 3.05) is 6.61 Å². The number of aliphatic hydroxyl groups is 1. The van der Waals surface area contributed by atoms with Gasteiger partial charge in [-0.2, -0.15) is 9.29 Å². The normalized spacial score (nSPS) is 19.7. The number of benzene rings is 2. The van der Waals surface area contributed by atoms with E-state index in [4.69, 9.17) is 16.1 Å². The molecule has 1 aromatic heterocycles. The smallest absolute Gasteiger partial charge is 0.243 e. The molecule has 4 rings (SSSR count). The highest BCUT2D eigenvalue weighted by Crippen LogP contribution is 2.33. The van der Waals surface area contributed by atoms with Crippen LogP contribution in [0.25, 0.3) is 11.4 Å². The van der Waals surface area contributed by atoms with Crippen molar-refractivity contribution >= 4 is 21.6 Å². The first-order valence-corrected chi connectivity index (χ1v) is 12.5. The fourth-order valence-corrected chi connectivity index (χ4v) is 6.15. The van der Waals surface area contributed by atoms with Crippen LogP contribution in [0.2, 0.25) is 5.02 Å². The Balaban J connectivity index is 1.69. The van der Waals surface area contributed by atoms with Crippen LogP contribution in [-0.2, 0) is 16.6 Å². The van der Waals surface area contributed by atoms with Gasteiger partial charge in [-0.1, -0.05) is 60.3 Å². The minimum atomic E-state index is -3.80. The molecule has 0 unspecified atom stereocenters. The van der Waals surface area contributed by atoms with Gasteiger partial charge in [-0.3, -0.25) is 0 Å². The summed E-state index contributed by atoms with van der Waals surface area (Å²) in [6.07, 6.45) is 5.77. The van der Waals surface area contributed by atoms with Crippen molar-refractivity contribution in [3.63, 3.8) is 0 Å². The van der Waals surface area contributed by atoms with Crippen LogP contribution in [0.5, 0.6) is 0 Å². The Morgan fingerprint density at radius 3 is 2.41 bits per heavy atom. The summed E-state index contributed by atoms with van der Waals surface area (Å²) in [5.74, 6) is 0.379. The lowest BCUT2D eigenvalue weighted by atomic mass is 9.95. The monoisotopic (exact) mass is 475 g/mol. The van der Waals surface area contributed by atoms with Gasteiger partial charge in [-0.05, 0) is 48.6 Å². The molecule has 0 spiro atoms. The van der Waals surface area contributed by atoms with E-state index in [-0.39, 0.29) is 30.0 Å². The fraction of sp³-hybridized carbons (Fsp3) is 0.391. The van der Waals surface area contributed by atoms with Gasteiger partial charge >= 0.3 is 0 Å². The first kappa shape index (κ1) is 22.9. The van der Waals surface area contributed by atoms with Gasteiger partial charge in [0.2, 0.25) is 22.2 Å². The number of sulfonamides is 1. The van der Waals surface area contributed by atoms with Crippen molar-refractivity contribution in [1.82, 2.24) is 14.4 Å². The van der Waals surface area contributed by atoms with Crippen LogP contribution in [-0.4, -0.2) is 40.6 Å². The Morgan fingerprint density at radius 2 is 1.75 bits per heavy atom. The van der Waals surface area contributed by atoms with Crippen LogP contribution in [0.3, 0.4) is 0 Å². The van der Waals surface area contributed by atoms with E-state index in [0.29, 0.717) is 10.8 Å². The predicted molar refractivity (Wildman–Crippen MR) is 121 cm³/mol. The predicted octanol–water partition coefficient (Wildman–Crippen LogP) is 4.52. The molecule has 0 amide bonds. The molecule has 1 heterocycles. The highest BCUT2D eigenvalue weighted by atomic mass is 35.5. The molecule has 1 aliphatic carbocycles. The number of aromatic nitrogens is 2. The second kappa shape index (κ2) is 10.1. The van der Waals surface area contributed by atoms with Crippen molar-refractivity contribution in [3.05, 3.63) is 65.5 Å². The number of nitrogens with zero attached hydrogens (tertiary/aromatic N) is 3. The molecule has 2 aromatic carbocycles. The maximum Gasteiger partial charge on any atom is 0.243 e. The minimum Gasteiger partial charge on any atom is -0.396 e. The molecule has 1 fully saturated rings. The first-order chi connectivity index (χ1) is 15.5. The molecule has 0 radical (unpaired) electrons. The topological polar surface area (TPSA) is 96.5 Å². The maximum atomic E-state index is 13.7. The van der Waals surface area contributed by atoms with Gasteiger partial charge in [-0.25, -0.2) is 8.42 Å². The van der Waals surface area contributed by atoms with Crippen molar-refractivity contribution < 1.29 is 18.0 Å². The number of aliphatic hydroxyl groups excluding tert-OH is 1. The van der Waals surface area contributed by atoms with Crippen LogP contribution in [0.4, 0.5) is 0 Å². The molecule has 7 nitrogen and oxygen atoms in total. The third-order valence-electron chi connectivity index (χ3n) is 6.06. The zero-order valence-corrected chi connectivity index (χ0v) is 19.2. The van der Waals surface area contributed by atoms with Crippen LogP contribution < -0.4 is 0 Å². The average molecular weight is 476 g/mol. The summed E-state index contributed by atoms with van der Waals surface area (Å²) < 4.78 is 33.8. The molecule has 9 heteroatoms. The van der Waals surface area contributed by atoms with Gasteiger partial charge in [0.1, 0.15) is 0 Å². The number of hydrogen-bond donors (Lipinski definition) is 1. The average Bonchev–Trinajstić information content (AvgIpc) is 3.24. The summed E-state index contributed by atoms with van der Waals surface area (Å²) in [6, 6.07) is 13.4. The Labute approximate surface area is 193 Å². The van der Waals surface area contributed by atoms with E-state index >= 15 is 0 Å². The van der Waals surface area contributed by atoms with E-state index in [1.165, 1.54) is 18.5 Å². The highest BCUT2D eigenvalue weighted by molar-refractivity contribution is 7.89. The Morgan fingerprint density at radius 1 is 1.03 bits per heavy atom. The second-order valence-electron chi connectivity index (χ2n) is 8.10. The van der Waals surface area contributed by atoms with Crippen LogP contribution in [0.15, 0.2) is 64.3 Å². The number of halogens is 1. The fourth-order valence-electron chi connectivity index (χ4n) is 4.32. The van der Waals surface area contributed by atoms with Gasteiger partial charge < -0.3 is 9.63 Å². The molecule has 0 saturated heterocycles. The highest BCUT2D eigenvalue weighted by Gasteiger charge is 2.36. The third kappa shape index (κ3) is 5.04. The second-order valence-corrected chi connectivity index (χ2v) is 10.4. The molecule has 32 heavy (non-hydrogen) atoms. The molecule has 170 valence electrons. The number of hydrogen-bond acceptors (Lipinski definition) is 6. The molecule has 3 aromatic rings. The van der Waals surface area contributed by atoms with Gasteiger partial charge in [-0.15, -0.1) is 0 Å². The standard InChI is InChI=1S/C23H26ClN3O4S/c24-20-10-12-21(13-11-20)32(29,30)27(22-5-3-1-2-4-19(22)15-28)14-17-6-8-18(9-7-17)23-25-16-31-26-23/h6-13,16,19,22,28H,1-5,14-15H2/t19-,22+/m0/s1. The van der Waals surface area contributed by atoms with Crippen molar-refractivity contribution in [2.24, 2.45) is 5.92 Å². The summed E-state index contributed by atoms with van der Waals surface area (Å²) >= 11 is 5.99. The lowest BCUT2D eigenvalue weighted by Gasteiger charge is -2.35. The molecule has 0 aliphatic heterocycles. The minimum absolute atomic E-state index is 0.0337. The van der Waals surface area contributed by atoms with Crippen molar-refractivity contribution in [1.29, 1.82) is 0 Å². The van der Waals surface area contributed by atoms with Gasteiger partial charge in [0.05, 0.1) is 4.90 Å². The van der Waals surface area contributed by atoms with Gasteiger partial charge in [0.25, 0.3) is 0 Å². The molecular weight excluding hydrogens is 450 g/mol. The Hall–Kier alpha value is -2.26. The van der Waals surface area contributed by atoms with E-state index in [9.17, 15) is 13.5 Å². The zero-order chi connectivity index (χ0) is 22.6. The summed E-state index contributed by atoms with van der Waals surface area (Å²) in [6.45, 7) is 0.173. The van der Waals surface area contributed by atoms with E-state index < -0.39 is 10.0 Å². The lowest BCUT2D eigenvalue weighted by Crippen LogP contribution is -2.44. The molecule has 1 aliphatic rings. The van der Waals surface area contributed by atoms with Crippen molar-refractivity contribution in [2.45, 2.75) is 49.6 Å². The van der Waals surface area contributed by atoms with Gasteiger partial charge in [0, 0.05) is 29.8 Å².